The number of allylic oxidation sites excluding steroid dienone is 5. The van der Waals surface area contributed by atoms with Gasteiger partial charge in [-0.25, -0.2) is 4.57 Å². The third-order valence-corrected chi connectivity index (χ3v) is 7.70. The van der Waals surface area contributed by atoms with Gasteiger partial charge in [-0.1, -0.05) is 127 Å². The summed E-state index contributed by atoms with van der Waals surface area (Å²) in [5, 5.41) is 20.1. The van der Waals surface area contributed by atoms with E-state index in [0.717, 1.165) is 31.6 Å². The Morgan fingerprint density at radius 2 is 1.32 bits per heavy atom. The van der Waals surface area contributed by atoms with Crippen molar-refractivity contribution >= 4 is 19.8 Å². The molecule has 0 bridgehead atoms. The Hall–Kier alpha value is -2.07. The number of aliphatic hydroxyl groups excluding tert-OH is 2. The summed E-state index contributed by atoms with van der Waals surface area (Å²) in [5.41, 5.74) is 0. The van der Waals surface area contributed by atoms with Gasteiger partial charge in [-0.05, 0) is 44.4 Å². The van der Waals surface area contributed by atoms with Crippen LogP contribution in [0, 0.1) is 5.92 Å². The molecule has 11 heteroatoms. The van der Waals surface area contributed by atoms with Gasteiger partial charge in [0, 0.05) is 12.8 Å². The van der Waals surface area contributed by atoms with Crippen molar-refractivity contribution in [3.63, 3.8) is 0 Å². The molecule has 0 aliphatic rings. The maximum Gasteiger partial charge on any atom is 0.469 e. The molecule has 0 saturated carbocycles. The molecule has 0 saturated heterocycles. The first-order valence-electron chi connectivity index (χ1n) is 17.5. The van der Waals surface area contributed by atoms with E-state index in [2.05, 4.69) is 31.4 Å². The van der Waals surface area contributed by atoms with Crippen molar-refractivity contribution in [2.24, 2.45) is 5.92 Å². The van der Waals surface area contributed by atoms with E-state index in [1.807, 2.05) is 6.08 Å². The molecule has 0 aromatic carbocycles. The van der Waals surface area contributed by atoms with E-state index >= 15 is 0 Å². The molecule has 0 rings (SSSR count). The van der Waals surface area contributed by atoms with Crippen LogP contribution in [-0.4, -0.2) is 63.5 Å². The first-order valence-corrected chi connectivity index (χ1v) is 19.0. The van der Waals surface area contributed by atoms with Gasteiger partial charge in [-0.2, -0.15) is 0 Å². The highest BCUT2D eigenvalue weighted by Crippen LogP contribution is 2.36. The van der Waals surface area contributed by atoms with Gasteiger partial charge in [-0.3, -0.25) is 14.1 Å². The molecule has 0 aromatic rings. The summed E-state index contributed by atoms with van der Waals surface area (Å²) < 4.78 is 26.0. The van der Waals surface area contributed by atoms with Crippen molar-refractivity contribution in [3.8, 4) is 0 Å². The first kappa shape index (κ1) is 44.9. The number of unbranched alkanes of at least 4 members (excludes halogenated alkanes) is 9. The third-order valence-electron chi connectivity index (χ3n) is 7.22. The van der Waals surface area contributed by atoms with Crippen molar-refractivity contribution in [1.82, 2.24) is 0 Å². The molecule has 4 N–H and O–H groups in total. The summed E-state index contributed by atoms with van der Waals surface area (Å²) in [5.74, 6) is -0.397. The van der Waals surface area contributed by atoms with Gasteiger partial charge in [0.15, 0.2) is 6.10 Å². The van der Waals surface area contributed by atoms with E-state index in [1.54, 1.807) is 36.5 Å². The number of rotatable bonds is 30. The minimum Gasteiger partial charge on any atom is -0.462 e. The monoisotopic (exact) mass is 686 g/mol. The number of phosphoric acid groups is 1. The molecule has 0 radical (unpaired) electrons. The molecular formula is C36H63O10P. The largest absolute Gasteiger partial charge is 0.469 e. The molecule has 10 nitrogen and oxygen atoms in total. The Bertz CT molecular complexity index is 953. The van der Waals surface area contributed by atoms with Crippen LogP contribution in [0.4, 0.5) is 0 Å². The molecule has 0 spiro atoms. The molecule has 0 unspecified atom stereocenters. The highest BCUT2D eigenvalue weighted by Gasteiger charge is 2.23. The Morgan fingerprint density at radius 3 is 1.96 bits per heavy atom. The minimum absolute atomic E-state index is 0.0494. The zero-order valence-electron chi connectivity index (χ0n) is 29.0. The maximum absolute atomic E-state index is 12.3. The van der Waals surface area contributed by atoms with Gasteiger partial charge >= 0.3 is 19.8 Å². The van der Waals surface area contributed by atoms with E-state index in [4.69, 9.17) is 19.3 Å². The summed E-state index contributed by atoms with van der Waals surface area (Å²) in [7, 11) is -4.82. The normalized spacial score (nSPS) is 14.6. The van der Waals surface area contributed by atoms with Crippen molar-refractivity contribution in [2.45, 2.75) is 148 Å². The SMILES string of the molecule is CCCCC/C=C\C[C@H](O)/C=C/C=C/C=C\[C@H](O)CCCC(=O)O[C@H](COC(=O)CCCCCCCCCC(C)C)COP(=O)(O)O. The maximum atomic E-state index is 12.3. The van der Waals surface area contributed by atoms with E-state index in [-0.39, 0.29) is 25.9 Å². The lowest BCUT2D eigenvalue weighted by Crippen LogP contribution is -2.29. The summed E-state index contributed by atoms with van der Waals surface area (Å²) >= 11 is 0. The van der Waals surface area contributed by atoms with Crippen LogP contribution in [0.2, 0.25) is 0 Å². The molecule has 0 fully saturated rings. The Balaban J connectivity index is 4.34. The minimum atomic E-state index is -4.82. The van der Waals surface area contributed by atoms with Gasteiger partial charge in [-0.15, -0.1) is 0 Å². The molecule has 0 aliphatic heterocycles. The van der Waals surface area contributed by atoms with E-state index in [0.29, 0.717) is 19.3 Å². The van der Waals surface area contributed by atoms with Crippen molar-refractivity contribution in [1.29, 1.82) is 0 Å². The van der Waals surface area contributed by atoms with Crippen LogP contribution in [0.25, 0.3) is 0 Å². The molecule has 3 atom stereocenters. The summed E-state index contributed by atoms with van der Waals surface area (Å²) in [4.78, 5) is 42.5. The lowest BCUT2D eigenvalue weighted by molar-refractivity contribution is -0.161. The number of carbonyl (C=O) groups excluding carboxylic acids is 2. The number of ether oxygens (including phenoxy) is 2. The van der Waals surface area contributed by atoms with E-state index in [9.17, 15) is 24.4 Å². The fraction of sp³-hybridized carbons (Fsp3) is 0.722. The Kier molecular flexibility index (Phi) is 28.7. The molecule has 272 valence electrons. The standard InChI is InChI=1S/C36H63O10P/c1-4-5-6-7-12-17-23-32(37)24-18-14-15-19-25-33(38)26-21-28-36(40)46-34(30-45-47(41,42)43)29-44-35(39)27-20-13-10-8-9-11-16-22-31(2)3/h12,14-15,17-19,24-25,31-34,37-38H,4-11,13,16,20-23,26-30H2,1-3H3,(H2,41,42,43)/b15-14+,17-12-,24-18+,25-19-/t32-,33-,34+/m0/s1. The summed E-state index contributed by atoms with van der Waals surface area (Å²) in [6.07, 6.45) is 26.4. The van der Waals surface area contributed by atoms with Gasteiger partial charge in [0.2, 0.25) is 0 Å². The number of hydrogen-bond donors (Lipinski definition) is 4. The topological polar surface area (TPSA) is 160 Å². The van der Waals surface area contributed by atoms with Gasteiger partial charge in [0.1, 0.15) is 6.61 Å². The second-order valence-corrected chi connectivity index (χ2v) is 13.6. The second kappa shape index (κ2) is 30.0. The zero-order valence-corrected chi connectivity index (χ0v) is 29.9. The highest BCUT2D eigenvalue weighted by molar-refractivity contribution is 7.46. The molecule has 0 heterocycles. The van der Waals surface area contributed by atoms with Crippen molar-refractivity contribution < 1.29 is 48.2 Å². The predicted octanol–water partition coefficient (Wildman–Crippen LogP) is 7.80. The van der Waals surface area contributed by atoms with Crippen molar-refractivity contribution in [3.05, 3.63) is 48.6 Å². The average Bonchev–Trinajstić information content (AvgIpc) is 3.00. The quantitative estimate of drug-likeness (QED) is 0.0193. The van der Waals surface area contributed by atoms with Crippen LogP contribution in [0.3, 0.4) is 0 Å². The van der Waals surface area contributed by atoms with Crippen LogP contribution in [0.1, 0.15) is 130 Å². The predicted molar refractivity (Wildman–Crippen MR) is 186 cm³/mol. The van der Waals surface area contributed by atoms with Crippen LogP contribution in [-0.2, 0) is 28.2 Å². The number of esters is 2. The molecule has 0 aliphatic carbocycles. The molecule has 47 heavy (non-hydrogen) atoms. The Labute approximate surface area is 283 Å². The number of phosphoric ester groups is 1. The number of aliphatic hydroxyl groups is 2. The van der Waals surface area contributed by atoms with Crippen LogP contribution in [0.5, 0.6) is 0 Å². The lowest BCUT2D eigenvalue weighted by Gasteiger charge is -2.18. The Morgan fingerprint density at radius 1 is 0.702 bits per heavy atom. The highest BCUT2D eigenvalue weighted by atomic mass is 31.2. The van der Waals surface area contributed by atoms with Crippen molar-refractivity contribution in [2.75, 3.05) is 13.2 Å². The van der Waals surface area contributed by atoms with Crippen LogP contribution < -0.4 is 0 Å². The molecule has 0 aromatic heterocycles. The van der Waals surface area contributed by atoms with Gasteiger partial charge in [0.05, 0.1) is 18.8 Å². The van der Waals surface area contributed by atoms with Crippen LogP contribution >= 0.6 is 7.82 Å². The number of hydrogen-bond acceptors (Lipinski definition) is 8. The lowest BCUT2D eigenvalue weighted by atomic mass is 10.0. The summed E-state index contributed by atoms with van der Waals surface area (Å²) in [6.45, 7) is 5.63. The molecule has 0 amide bonds. The second-order valence-electron chi connectivity index (χ2n) is 12.4. The smallest absolute Gasteiger partial charge is 0.462 e. The van der Waals surface area contributed by atoms with Crippen LogP contribution in [0.15, 0.2) is 48.6 Å². The van der Waals surface area contributed by atoms with E-state index < -0.39 is 44.7 Å². The average molecular weight is 687 g/mol. The molecular weight excluding hydrogens is 623 g/mol. The fourth-order valence-electron chi connectivity index (χ4n) is 4.51. The zero-order chi connectivity index (χ0) is 35.2. The summed E-state index contributed by atoms with van der Waals surface area (Å²) in [6, 6.07) is 0. The van der Waals surface area contributed by atoms with Gasteiger partial charge in [0.25, 0.3) is 0 Å². The fourth-order valence-corrected chi connectivity index (χ4v) is 4.87. The van der Waals surface area contributed by atoms with Gasteiger partial charge < -0.3 is 29.5 Å². The first-order chi connectivity index (χ1) is 22.4. The third kappa shape index (κ3) is 33.6. The van der Waals surface area contributed by atoms with E-state index in [1.165, 1.54) is 44.9 Å². The number of carbonyl (C=O) groups is 2.